The molecule has 116 valence electrons. The predicted molar refractivity (Wildman–Crippen MR) is 89.7 cm³/mol. The van der Waals surface area contributed by atoms with Gasteiger partial charge >= 0.3 is 0 Å². The zero-order chi connectivity index (χ0) is 14.9. The second-order valence-corrected chi connectivity index (χ2v) is 8.21. The van der Waals surface area contributed by atoms with Crippen LogP contribution < -0.4 is 5.32 Å². The Morgan fingerprint density at radius 3 is 2.52 bits per heavy atom. The molecule has 3 rings (SSSR count). The second-order valence-electron chi connectivity index (χ2n) is 8.21. The summed E-state index contributed by atoms with van der Waals surface area (Å²) in [5.74, 6) is 0. The fourth-order valence-corrected chi connectivity index (χ4v) is 3.60. The van der Waals surface area contributed by atoms with Crippen LogP contribution in [0, 0.1) is 5.41 Å². The van der Waals surface area contributed by atoms with Gasteiger partial charge in [-0.1, -0.05) is 51.1 Å². The highest BCUT2D eigenvalue weighted by Crippen LogP contribution is 2.33. The van der Waals surface area contributed by atoms with Crippen molar-refractivity contribution in [1.29, 1.82) is 0 Å². The van der Waals surface area contributed by atoms with Crippen LogP contribution in [0.25, 0.3) is 0 Å². The minimum atomic E-state index is 0.213. The summed E-state index contributed by atoms with van der Waals surface area (Å²) in [6, 6.07) is 11.9. The van der Waals surface area contributed by atoms with Gasteiger partial charge in [0.25, 0.3) is 0 Å². The molecule has 1 saturated heterocycles. The standard InChI is InChI=1S/C19H30N2/c1-18(2)11-12-21(14-18)15-19(3,13-20-17-9-10-17)16-7-5-4-6-8-16/h4-8,17,20H,9-15H2,1-3H3. The van der Waals surface area contributed by atoms with E-state index in [1.807, 2.05) is 0 Å². The predicted octanol–water partition coefficient (Wildman–Crippen LogP) is 3.43. The minimum absolute atomic E-state index is 0.213. The highest BCUT2D eigenvalue weighted by molar-refractivity contribution is 5.26. The van der Waals surface area contributed by atoms with Gasteiger partial charge in [-0.2, -0.15) is 0 Å². The normalized spacial score (nSPS) is 24.9. The highest BCUT2D eigenvalue weighted by Gasteiger charge is 2.36. The number of nitrogens with zero attached hydrogens (tertiary/aromatic N) is 1. The molecule has 0 radical (unpaired) electrons. The summed E-state index contributed by atoms with van der Waals surface area (Å²) in [6.07, 6.45) is 4.05. The van der Waals surface area contributed by atoms with Crippen LogP contribution in [0.3, 0.4) is 0 Å². The zero-order valence-electron chi connectivity index (χ0n) is 13.9. The van der Waals surface area contributed by atoms with Gasteiger partial charge in [-0.3, -0.25) is 0 Å². The second kappa shape index (κ2) is 5.73. The molecule has 2 nitrogen and oxygen atoms in total. The Morgan fingerprint density at radius 1 is 1.24 bits per heavy atom. The average molecular weight is 286 g/mol. The third kappa shape index (κ3) is 3.87. The molecule has 1 atom stereocenters. The van der Waals surface area contributed by atoms with Gasteiger partial charge in [-0.05, 0) is 36.8 Å². The van der Waals surface area contributed by atoms with Crippen LogP contribution in [0.1, 0.15) is 45.6 Å². The molecule has 2 aliphatic rings. The number of likely N-dealkylation sites (tertiary alicyclic amines) is 1. The van der Waals surface area contributed by atoms with Crippen LogP contribution >= 0.6 is 0 Å². The third-order valence-corrected chi connectivity index (χ3v) is 5.16. The number of rotatable bonds is 6. The summed E-state index contributed by atoms with van der Waals surface area (Å²) in [5, 5.41) is 3.76. The number of benzene rings is 1. The molecule has 2 heteroatoms. The van der Waals surface area contributed by atoms with E-state index < -0.39 is 0 Å². The first-order chi connectivity index (χ1) is 9.97. The molecule has 1 heterocycles. The lowest BCUT2D eigenvalue weighted by Gasteiger charge is -2.35. The minimum Gasteiger partial charge on any atom is -0.313 e. The molecule has 1 aromatic carbocycles. The number of hydrogen-bond donors (Lipinski definition) is 1. The Kier molecular flexibility index (Phi) is 4.11. The van der Waals surface area contributed by atoms with E-state index in [1.54, 1.807) is 0 Å². The Bertz CT molecular complexity index is 464. The summed E-state index contributed by atoms with van der Waals surface area (Å²) in [5.41, 5.74) is 2.18. The first-order valence-electron chi connectivity index (χ1n) is 8.48. The van der Waals surface area contributed by atoms with E-state index in [0.717, 1.165) is 12.6 Å². The Labute approximate surface area is 129 Å². The van der Waals surface area contributed by atoms with Crippen molar-refractivity contribution in [3.63, 3.8) is 0 Å². The van der Waals surface area contributed by atoms with Crippen molar-refractivity contribution in [3.05, 3.63) is 35.9 Å². The van der Waals surface area contributed by atoms with Crippen molar-refractivity contribution in [2.45, 2.75) is 51.5 Å². The van der Waals surface area contributed by atoms with E-state index in [1.165, 1.54) is 44.5 Å². The quantitative estimate of drug-likeness (QED) is 0.862. The summed E-state index contributed by atoms with van der Waals surface area (Å²) >= 11 is 0. The lowest BCUT2D eigenvalue weighted by Crippen LogP contribution is -2.45. The maximum atomic E-state index is 3.76. The van der Waals surface area contributed by atoms with Crippen molar-refractivity contribution >= 4 is 0 Å². The van der Waals surface area contributed by atoms with Crippen molar-refractivity contribution < 1.29 is 0 Å². The third-order valence-electron chi connectivity index (χ3n) is 5.16. The summed E-state index contributed by atoms with van der Waals surface area (Å²) in [6.45, 7) is 12.0. The molecular weight excluding hydrogens is 256 g/mol. The molecule has 1 aliphatic heterocycles. The molecule has 1 N–H and O–H groups in total. The van der Waals surface area contributed by atoms with Crippen LogP contribution in [0.4, 0.5) is 0 Å². The largest absolute Gasteiger partial charge is 0.313 e. The molecule has 1 aliphatic carbocycles. The topological polar surface area (TPSA) is 15.3 Å². The summed E-state index contributed by atoms with van der Waals surface area (Å²) < 4.78 is 0. The van der Waals surface area contributed by atoms with Crippen molar-refractivity contribution in [2.75, 3.05) is 26.2 Å². The van der Waals surface area contributed by atoms with Gasteiger partial charge < -0.3 is 10.2 Å². The highest BCUT2D eigenvalue weighted by atomic mass is 15.2. The van der Waals surface area contributed by atoms with Crippen LogP contribution in [-0.4, -0.2) is 37.1 Å². The molecule has 2 fully saturated rings. The van der Waals surface area contributed by atoms with Gasteiger partial charge in [0, 0.05) is 31.1 Å². The number of hydrogen-bond acceptors (Lipinski definition) is 2. The zero-order valence-corrected chi connectivity index (χ0v) is 13.9. The van der Waals surface area contributed by atoms with Crippen LogP contribution in [0.2, 0.25) is 0 Å². The van der Waals surface area contributed by atoms with Crippen LogP contribution in [0.5, 0.6) is 0 Å². The van der Waals surface area contributed by atoms with Crippen LogP contribution in [0.15, 0.2) is 30.3 Å². The molecule has 1 saturated carbocycles. The molecular formula is C19H30N2. The van der Waals surface area contributed by atoms with Crippen molar-refractivity contribution in [2.24, 2.45) is 5.41 Å². The van der Waals surface area contributed by atoms with Gasteiger partial charge in [-0.15, -0.1) is 0 Å². The van der Waals surface area contributed by atoms with Gasteiger partial charge in [0.15, 0.2) is 0 Å². The van der Waals surface area contributed by atoms with Gasteiger partial charge in [0.05, 0.1) is 0 Å². The van der Waals surface area contributed by atoms with Gasteiger partial charge in [0.1, 0.15) is 0 Å². The van der Waals surface area contributed by atoms with Crippen molar-refractivity contribution in [1.82, 2.24) is 10.2 Å². The van der Waals surface area contributed by atoms with Gasteiger partial charge in [-0.25, -0.2) is 0 Å². The number of nitrogens with one attached hydrogen (secondary N) is 1. The van der Waals surface area contributed by atoms with E-state index >= 15 is 0 Å². The monoisotopic (exact) mass is 286 g/mol. The average Bonchev–Trinajstić information content (AvgIpc) is 3.22. The van der Waals surface area contributed by atoms with E-state index in [4.69, 9.17) is 0 Å². The fraction of sp³-hybridized carbons (Fsp3) is 0.684. The van der Waals surface area contributed by atoms with E-state index in [-0.39, 0.29) is 5.41 Å². The molecule has 1 aromatic rings. The van der Waals surface area contributed by atoms with Gasteiger partial charge in [0.2, 0.25) is 0 Å². The molecule has 0 amide bonds. The molecule has 21 heavy (non-hydrogen) atoms. The molecule has 0 bridgehead atoms. The van der Waals surface area contributed by atoms with Crippen LogP contribution in [-0.2, 0) is 5.41 Å². The molecule has 0 aromatic heterocycles. The first-order valence-corrected chi connectivity index (χ1v) is 8.48. The SMILES string of the molecule is CC1(C)CCN(CC(C)(CNC2CC2)c2ccccc2)C1. The summed E-state index contributed by atoms with van der Waals surface area (Å²) in [4.78, 5) is 2.67. The van der Waals surface area contributed by atoms with E-state index in [0.29, 0.717) is 5.41 Å². The maximum Gasteiger partial charge on any atom is 0.0177 e. The van der Waals surface area contributed by atoms with Crippen molar-refractivity contribution in [3.8, 4) is 0 Å². The fourth-order valence-electron chi connectivity index (χ4n) is 3.60. The first kappa shape index (κ1) is 15.1. The lowest BCUT2D eigenvalue weighted by atomic mass is 9.81. The summed E-state index contributed by atoms with van der Waals surface area (Å²) in [7, 11) is 0. The molecule has 1 unspecified atom stereocenters. The molecule has 0 spiro atoms. The van der Waals surface area contributed by atoms with E-state index in [9.17, 15) is 0 Å². The smallest absolute Gasteiger partial charge is 0.0177 e. The Morgan fingerprint density at radius 2 is 1.95 bits per heavy atom. The van der Waals surface area contributed by atoms with E-state index in [2.05, 4.69) is 61.3 Å². The Hall–Kier alpha value is -0.860. The Balaban J connectivity index is 1.72. The lowest BCUT2D eigenvalue weighted by molar-refractivity contribution is 0.228. The maximum absolute atomic E-state index is 3.76.